The van der Waals surface area contributed by atoms with Gasteiger partial charge in [0.25, 0.3) is 0 Å². The SMILES string of the molecule is CC(c1nc(-c2ccc(I)cc2)c[nH]1)N(C)C(=O)OC(C)(C)C. The van der Waals surface area contributed by atoms with Crippen LogP contribution in [0.4, 0.5) is 4.79 Å². The van der Waals surface area contributed by atoms with E-state index in [1.807, 2.05) is 58.2 Å². The summed E-state index contributed by atoms with van der Waals surface area (Å²) in [6.07, 6.45) is 1.49. The molecule has 1 amide bonds. The van der Waals surface area contributed by atoms with Crippen molar-refractivity contribution in [1.82, 2.24) is 14.9 Å². The predicted molar refractivity (Wildman–Crippen MR) is 99.2 cm³/mol. The van der Waals surface area contributed by atoms with Gasteiger partial charge in [0.1, 0.15) is 11.4 Å². The number of halogens is 1. The van der Waals surface area contributed by atoms with Crippen LogP contribution in [0.2, 0.25) is 0 Å². The Bertz CT molecular complexity index is 674. The molecule has 0 aliphatic rings. The summed E-state index contributed by atoms with van der Waals surface area (Å²) in [7, 11) is 1.71. The smallest absolute Gasteiger partial charge is 0.410 e. The fraction of sp³-hybridized carbons (Fsp3) is 0.412. The molecule has 0 saturated carbocycles. The molecule has 2 rings (SSSR count). The van der Waals surface area contributed by atoms with E-state index in [0.717, 1.165) is 17.1 Å². The van der Waals surface area contributed by atoms with Gasteiger partial charge < -0.3 is 14.6 Å². The number of carbonyl (C=O) groups excluding carboxylic acids is 1. The average molecular weight is 427 g/mol. The Balaban J connectivity index is 2.13. The van der Waals surface area contributed by atoms with E-state index in [0.29, 0.717) is 0 Å². The fourth-order valence-corrected chi connectivity index (χ4v) is 2.35. The van der Waals surface area contributed by atoms with Crippen LogP contribution < -0.4 is 0 Å². The van der Waals surface area contributed by atoms with E-state index in [1.54, 1.807) is 11.9 Å². The molecule has 1 unspecified atom stereocenters. The Morgan fingerprint density at radius 3 is 2.48 bits per heavy atom. The van der Waals surface area contributed by atoms with Crippen LogP contribution in [0.1, 0.15) is 39.6 Å². The first-order chi connectivity index (χ1) is 10.7. The molecule has 0 spiro atoms. The summed E-state index contributed by atoms with van der Waals surface area (Å²) in [5.41, 5.74) is 1.39. The monoisotopic (exact) mass is 427 g/mol. The van der Waals surface area contributed by atoms with Crippen molar-refractivity contribution in [2.75, 3.05) is 7.05 Å². The summed E-state index contributed by atoms with van der Waals surface area (Å²) in [4.78, 5) is 21.4. The molecule has 1 atom stereocenters. The van der Waals surface area contributed by atoms with Crippen molar-refractivity contribution in [2.24, 2.45) is 0 Å². The van der Waals surface area contributed by atoms with Crippen LogP contribution in [0.15, 0.2) is 30.5 Å². The van der Waals surface area contributed by atoms with Gasteiger partial charge in [-0.05, 0) is 62.4 Å². The van der Waals surface area contributed by atoms with E-state index in [-0.39, 0.29) is 12.1 Å². The summed E-state index contributed by atoms with van der Waals surface area (Å²) in [6, 6.07) is 7.94. The van der Waals surface area contributed by atoms with E-state index in [2.05, 4.69) is 32.6 Å². The maximum Gasteiger partial charge on any atom is 0.410 e. The van der Waals surface area contributed by atoms with Gasteiger partial charge in [0.2, 0.25) is 0 Å². The summed E-state index contributed by atoms with van der Waals surface area (Å²) in [5, 5.41) is 0. The van der Waals surface area contributed by atoms with Gasteiger partial charge >= 0.3 is 6.09 Å². The molecule has 5 nitrogen and oxygen atoms in total. The van der Waals surface area contributed by atoms with Crippen LogP contribution in [0.3, 0.4) is 0 Å². The number of nitrogens with zero attached hydrogens (tertiary/aromatic N) is 2. The minimum atomic E-state index is -0.513. The quantitative estimate of drug-likeness (QED) is 0.728. The van der Waals surface area contributed by atoms with Gasteiger partial charge in [0, 0.05) is 22.4 Å². The Kier molecular flexibility index (Phi) is 5.33. The first-order valence-electron chi connectivity index (χ1n) is 7.44. The highest BCUT2D eigenvalue weighted by Crippen LogP contribution is 2.23. The second-order valence-electron chi connectivity index (χ2n) is 6.45. The largest absolute Gasteiger partial charge is 0.444 e. The molecule has 1 aromatic heterocycles. The standard InChI is InChI=1S/C17H22IN3O2/c1-11(21(5)16(22)23-17(2,3)4)15-19-10-14(20-15)12-6-8-13(18)9-7-12/h6-11H,1-5H3,(H,19,20). The van der Waals surface area contributed by atoms with Crippen molar-refractivity contribution >= 4 is 28.7 Å². The lowest BCUT2D eigenvalue weighted by molar-refractivity contribution is 0.0228. The second-order valence-corrected chi connectivity index (χ2v) is 7.69. The Morgan fingerprint density at radius 1 is 1.30 bits per heavy atom. The molecule has 6 heteroatoms. The van der Waals surface area contributed by atoms with Crippen LogP contribution in [-0.2, 0) is 4.74 Å². The molecule has 124 valence electrons. The predicted octanol–water partition coefficient (Wildman–Crippen LogP) is 4.61. The molecule has 0 saturated heterocycles. The van der Waals surface area contributed by atoms with Crippen LogP contribution in [0, 0.1) is 3.57 Å². The van der Waals surface area contributed by atoms with Crippen molar-refractivity contribution in [2.45, 2.75) is 39.3 Å². The highest BCUT2D eigenvalue weighted by molar-refractivity contribution is 14.1. The number of nitrogens with one attached hydrogen (secondary N) is 1. The summed E-state index contributed by atoms with van der Waals surface area (Å²) in [5.74, 6) is 0.729. The number of amides is 1. The first kappa shape index (κ1) is 17.8. The Labute approximate surface area is 150 Å². The summed E-state index contributed by atoms with van der Waals surface area (Å²) < 4.78 is 6.57. The second kappa shape index (κ2) is 6.90. The lowest BCUT2D eigenvalue weighted by atomic mass is 10.2. The highest BCUT2D eigenvalue weighted by atomic mass is 127. The van der Waals surface area contributed by atoms with Gasteiger partial charge in [0.15, 0.2) is 0 Å². The number of hydrogen-bond donors (Lipinski definition) is 1. The van der Waals surface area contributed by atoms with E-state index in [9.17, 15) is 4.79 Å². The summed E-state index contributed by atoms with van der Waals surface area (Å²) >= 11 is 2.27. The normalized spacial score (nSPS) is 12.8. The molecule has 0 aliphatic heterocycles. The molecule has 1 N–H and O–H groups in total. The van der Waals surface area contributed by atoms with E-state index in [4.69, 9.17) is 4.74 Å². The van der Waals surface area contributed by atoms with Crippen LogP contribution >= 0.6 is 22.6 Å². The lowest BCUT2D eigenvalue weighted by Gasteiger charge is -2.27. The number of rotatable bonds is 3. The third-order valence-electron chi connectivity index (χ3n) is 3.40. The molecular weight excluding hydrogens is 405 g/mol. The minimum Gasteiger partial charge on any atom is -0.444 e. The molecule has 1 aromatic carbocycles. The number of benzene rings is 1. The molecule has 0 bridgehead atoms. The van der Waals surface area contributed by atoms with Gasteiger partial charge in [0.05, 0.1) is 11.7 Å². The molecule has 0 aliphatic carbocycles. The third kappa shape index (κ3) is 4.70. The first-order valence-corrected chi connectivity index (χ1v) is 8.52. The summed E-state index contributed by atoms with van der Waals surface area (Å²) in [6.45, 7) is 7.47. The van der Waals surface area contributed by atoms with Gasteiger partial charge in [-0.3, -0.25) is 0 Å². The minimum absolute atomic E-state index is 0.206. The van der Waals surface area contributed by atoms with Crippen molar-refractivity contribution in [3.8, 4) is 11.3 Å². The van der Waals surface area contributed by atoms with Gasteiger partial charge in [-0.25, -0.2) is 9.78 Å². The van der Waals surface area contributed by atoms with Crippen molar-refractivity contribution in [3.05, 3.63) is 39.9 Å². The van der Waals surface area contributed by atoms with Crippen molar-refractivity contribution < 1.29 is 9.53 Å². The van der Waals surface area contributed by atoms with E-state index >= 15 is 0 Å². The average Bonchev–Trinajstić information content (AvgIpc) is 2.94. The number of ether oxygens (including phenoxy) is 1. The number of imidazole rings is 1. The zero-order valence-electron chi connectivity index (χ0n) is 14.1. The zero-order chi connectivity index (χ0) is 17.2. The molecular formula is C17H22IN3O2. The maximum atomic E-state index is 12.1. The van der Waals surface area contributed by atoms with E-state index in [1.165, 1.54) is 3.57 Å². The molecule has 2 aromatic rings. The highest BCUT2D eigenvalue weighted by Gasteiger charge is 2.25. The number of aromatic amines is 1. The molecule has 23 heavy (non-hydrogen) atoms. The number of hydrogen-bond acceptors (Lipinski definition) is 3. The fourth-order valence-electron chi connectivity index (χ4n) is 1.99. The molecule has 0 fully saturated rings. The molecule has 1 heterocycles. The maximum absolute atomic E-state index is 12.1. The number of H-pyrrole nitrogens is 1. The number of carbonyl (C=O) groups is 1. The third-order valence-corrected chi connectivity index (χ3v) is 4.11. The lowest BCUT2D eigenvalue weighted by Crippen LogP contribution is -2.36. The number of aromatic nitrogens is 2. The zero-order valence-corrected chi connectivity index (χ0v) is 16.2. The van der Waals surface area contributed by atoms with Crippen molar-refractivity contribution in [1.29, 1.82) is 0 Å². The molecule has 0 radical (unpaired) electrons. The van der Waals surface area contributed by atoms with E-state index < -0.39 is 5.60 Å². The Hall–Kier alpha value is -1.57. The van der Waals surface area contributed by atoms with Gasteiger partial charge in [-0.2, -0.15) is 0 Å². The Morgan fingerprint density at radius 2 is 1.91 bits per heavy atom. The topological polar surface area (TPSA) is 58.2 Å². The van der Waals surface area contributed by atoms with Gasteiger partial charge in [-0.1, -0.05) is 12.1 Å². The van der Waals surface area contributed by atoms with Crippen LogP contribution in [0.25, 0.3) is 11.3 Å². The van der Waals surface area contributed by atoms with Gasteiger partial charge in [-0.15, -0.1) is 0 Å². The van der Waals surface area contributed by atoms with Crippen molar-refractivity contribution in [3.63, 3.8) is 0 Å². The van der Waals surface area contributed by atoms with Crippen LogP contribution in [-0.4, -0.2) is 33.6 Å². The van der Waals surface area contributed by atoms with Crippen LogP contribution in [0.5, 0.6) is 0 Å².